The average molecular weight is 341 g/mol. The minimum atomic E-state index is -0.182. The van der Waals surface area contributed by atoms with Crippen LogP contribution >= 0.6 is 11.3 Å². The summed E-state index contributed by atoms with van der Waals surface area (Å²) in [5.74, 6) is -0.182. The van der Waals surface area contributed by atoms with Crippen molar-refractivity contribution in [1.29, 1.82) is 0 Å². The van der Waals surface area contributed by atoms with E-state index in [1.165, 1.54) is 24.2 Å². The van der Waals surface area contributed by atoms with Crippen molar-refractivity contribution >= 4 is 22.4 Å². The summed E-state index contributed by atoms with van der Waals surface area (Å²) in [5, 5.41) is 16.6. The van der Waals surface area contributed by atoms with Crippen LogP contribution in [0.3, 0.4) is 0 Å². The quantitative estimate of drug-likeness (QED) is 0.665. The number of nitrogens with zero attached hydrogens (tertiary/aromatic N) is 4. The second-order valence-electron chi connectivity index (χ2n) is 5.41. The molecule has 124 valence electrons. The maximum absolute atomic E-state index is 12.3. The summed E-state index contributed by atoms with van der Waals surface area (Å²) < 4.78 is 1.75. The predicted octanol–water partition coefficient (Wildman–Crippen LogP) is 3.71. The number of benzene rings is 1. The van der Waals surface area contributed by atoms with E-state index >= 15 is 0 Å². The minimum Gasteiger partial charge on any atom is -0.296 e. The molecule has 0 bridgehead atoms. The van der Waals surface area contributed by atoms with Crippen LogP contribution in [-0.2, 0) is 6.42 Å². The molecule has 2 aromatic heterocycles. The Balaban J connectivity index is 1.60. The zero-order valence-electron chi connectivity index (χ0n) is 13.5. The Morgan fingerprint density at radius 3 is 2.75 bits per heavy atom. The molecule has 24 heavy (non-hydrogen) atoms. The largest absolute Gasteiger partial charge is 0.296 e. The molecule has 0 spiro atoms. The molecule has 0 fully saturated rings. The van der Waals surface area contributed by atoms with Crippen molar-refractivity contribution in [3.05, 3.63) is 53.3 Å². The molecule has 3 aromatic rings. The lowest BCUT2D eigenvalue weighted by Gasteiger charge is -2.04. The number of hydrogen-bond donors (Lipinski definition) is 1. The number of carbonyl (C=O) groups is 1. The van der Waals surface area contributed by atoms with Gasteiger partial charge in [0, 0.05) is 24.4 Å². The van der Waals surface area contributed by atoms with Gasteiger partial charge in [-0.05, 0) is 36.8 Å². The standard InChI is InChI=1S/C17H19N5OS/c1-2-3-4-6-15-20-21-17(24-15)19-16(23)13-7-9-14(10-8-13)22-12-5-11-18-22/h5,7-12H,2-4,6H2,1H3,(H,19,21,23). The van der Waals surface area contributed by atoms with Crippen LogP contribution in [0, 0.1) is 0 Å². The average Bonchev–Trinajstić information content (AvgIpc) is 3.27. The number of nitrogens with one attached hydrogen (secondary N) is 1. The zero-order chi connectivity index (χ0) is 16.8. The number of unbranched alkanes of at least 4 members (excludes halogenated alkanes) is 2. The van der Waals surface area contributed by atoms with E-state index < -0.39 is 0 Å². The van der Waals surface area contributed by atoms with Crippen LogP contribution in [0.15, 0.2) is 42.7 Å². The van der Waals surface area contributed by atoms with Gasteiger partial charge in [-0.2, -0.15) is 5.10 Å². The van der Waals surface area contributed by atoms with E-state index in [0.717, 1.165) is 23.5 Å². The SMILES string of the molecule is CCCCCc1nnc(NC(=O)c2ccc(-n3cccn3)cc2)s1. The van der Waals surface area contributed by atoms with Gasteiger partial charge in [0.25, 0.3) is 5.91 Å². The van der Waals surface area contributed by atoms with Crippen molar-refractivity contribution in [1.82, 2.24) is 20.0 Å². The Morgan fingerprint density at radius 1 is 1.21 bits per heavy atom. The first-order chi connectivity index (χ1) is 11.8. The monoisotopic (exact) mass is 341 g/mol. The maximum atomic E-state index is 12.3. The molecule has 0 radical (unpaired) electrons. The van der Waals surface area contributed by atoms with Gasteiger partial charge in [-0.3, -0.25) is 10.1 Å². The fourth-order valence-electron chi connectivity index (χ4n) is 2.29. The number of aromatic nitrogens is 4. The first-order valence-electron chi connectivity index (χ1n) is 8.00. The Hall–Kier alpha value is -2.54. The van der Waals surface area contributed by atoms with Crippen LogP contribution in [0.25, 0.3) is 5.69 Å². The van der Waals surface area contributed by atoms with E-state index in [0.29, 0.717) is 10.7 Å². The van der Waals surface area contributed by atoms with E-state index in [2.05, 4.69) is 27.5 Å². The molecule has 0 saturated heterocycles. The molecular formula is C17H19N5OS. The van der Waals surface area contributed by atoms with E-state index in [1.54, 1.807) is 23.0 Å². The Morgan fingerprint density at radius 2 is 2.04 bits per heavy atom. The van der Waals surface area contributed by atoms with E-state index in [-0.39, 0.29) is 5.91 Å². The molecule has 2 heterocycles. The third-order valence-corrected chi connectivity index (χ3v) is 4.48. The highest BCUT2D eigenvalue weighted by molar-refractivity contribution is 7.15. The molecule has 0 aliphatic rings. The molecule has 1 aromatic carbocycles. The molecule has 3 rings (SSSR count). The van der Waals surface area contributed by atoms with Gasteiger partial charge in [0.15, 0.2) is 0 Å². The van der Waals surface area contributed by atoms with Crippen molar-refractivity contribution in [3.63, 3.8) is 0 Å². The number of amides is 1. The molecule has 0 saturated carbocycles. The summed E-state index contributed by atoms with van der Waals surface area (Å²) >= 11 is 1.44. The highest BCUT2D eigenvalue weighted by Gasteiger charge is 2.10. The van der Waals surface area contributed by atoms with E-state index in [1.807, 2.05) is 24.4 Å². The maximum Gasteiger partial charge on any atom is 0.257 e. The highest BCUT2D eigenvalue weighted by Crippen LogP contribution is 2.18. The molecule has 7 heteroatoms. The summed E-state index contributed by atoms with van der Waals surface area (Å²) in [4.78, 5) is 12.3. The molecule has 6 nitrogen and oxygen atoms in total. The fraction of sp³-hybridized carbons (Fsp3) is 0.294. The van der Waals surface area contributed by atoms with Crippen LogP contribution in [0.5, 0.6) is 0 Å². The Labute approximate surface area is 144 Å². The third kappa shape index (κ3) is 4.05. The number of carbonyl (C=O) groups excluding carboxylic acids is 1. The Kier molecular flexibility index (Phi) is 5.32. The molecule has 0 aliphatic carbocycles. The predicted molar refractivity (Wildman–Crippen MR) is 94.7 cm³/mol. The van der Waals surface area contributed by atoms with Gasteiger partial charge < -0.3 is 0 Å². The second-order valence-corrected chi connectivity index (χ2v) is 6.47. The summed E-state index contributed by atoms with van der Waals surface area (Å²) in [6.07, 6.45) is 7.96. The van der Waals surface area contributed by atoms with Gasteiger partial charge in [0.1, 0.15) is 5.01 Å². The molecular weight excluding hydrogens is 322 g/mol. The van der Waals surface area contributed by atoms with Crippen LogP contribution in [0.2, 0.25) is 0 Å². The van der Waals surface area contributed by atoms with Crippen molar-refractivity contribution in [3.8, 4) is 5.69 Å². The van der Waals surface area contributed by atoms with Crippen LogP contribution in [0.1, 0.15) is 41.6 Å². The van der Waals surface area contributed by atoms with Gasteiger partial charge in [0.2, 0.25) is 5.13 Å². The lowest BCUT2D eigenvalue weighted by molar-refractivity contribution is 0.102. The van der Waals surface area contributed by atoms with Gasteiger partial charge in [-0.25, -0.2) is 4.68 Å². The van der Waals surface area contributed by atoms with Crippen molar-refractivity contribution in [2.45, 2.75) is 32.6 Å². The molecule has 1 amide bonds. The lowest BCUT2D eigenvalue weighted by Crippen LogP contribution is -2.11. The Bertz CT molecular complexity index is 780. The van der Waals surface area contributed by atoms with Crippen molar-refractivity contribution < 1.29 is 4.79 Å². The van der Waals surface area contributed by atoms with E-state index in [9.17, 15) is 4.79 Å². The van der Waals surface area contributed by atoms with Gasteiger partial charge in [0.05, 0.1) is 5.69 Å². The molecule has 0 aliphatic heterocycles. The van der Waals surface area contributed by atoms with Crippen LogP contribution in [0.4, 0.5) is 5.13 Å². The number of rotatable bonds is 7. The molecule has 1 N–H and O–H groups in total. The molecule has 0 atom stereocenters. The normalized spacial score (nSPS) is 10.7. The highest BCUT2D eigenvalue weighted by atomic mass is 32.1. The smallest absolute Gasteiger partial charge is 0.257 e. The first-order valence-corrected chi connectivity index (χ1v) is 8.81. The van der Waals surface area contributed by atoms with Gasteiger partial charge in [-0.15, -0.1) is 10.2 Å². The van der Waals surface area contributed by atoms with Crippen LogP contribution < -0.4 is 5.32 Å². The first kappa shape index (κ1) is 16.3. The summed E-state index contributed by atoms with van der Waals surface area (Å²) in [6.45, 7) is 2.17. The zero-order valence-corrected chi connectivity index (χ0v) is 14.3. The van der Waals surface area contributed by atoms with Crippen molar-refractivity contribution in [2.75, 3.05) is 5.32 Å². The van der Waals surface area contributed by atoms with Crippen LogP contribution in [-0.4, -0.2) is 25.9 Å². The van der Waals surface area contributed by atoms with Crippen molar-refractivity contribution in [2.24, 2.45) is 0 Å². The number of aryl methyl sites for hydroxylation is 1. The second kappa shape index (κ2) is 7.83. The number of anilines is 1. The fourth-order valence-corrected chi connectivity index (χ4v) is 3.06. The topological polar surface area (TPSA) is 72.7 Å². The number of hydrogen-bond acceptors (Lipinski definition) is 5. The van der Waals surface area contributed by atoms with Gasteiger partial charge in [-0.1, -0.05) is 31.1 Å². The van der Waals surface area contributed by atoms with E-state index in [4.69, 9.17) is 0 Å². The van der Waals surface area contributed by atoms with Gasteiger partial charge >= 0.3 is 0 Å². The minimum absolute atomic E-state index is 0.182. The third-order valence-electron chi connectivity index (χ3n) is 3.58. The summed E-state index contributed by atoms with van der Waals surface area (Å²) in [7, 11) is 0. The molecule has 0 unspecified atom stereocenters. The summed E-state index contributed by atoms with van der Waals surface area (Å²) in [5.41, 5.74) is 1.49. The summed E-state index contributed by atoms with van der Waals surface area (Å²) in [6, 6.07) is 9.12. The lowest BCUT2D eigenvalue weighted by atomic mass is 10.2.